The van der Waals surface area contributed by atoms with Gasteiger partial charge in [0.15, 0.2) is 8.64 Å². The zero-order valence-electron chi connectivity index (χ0n) is 15.7. The molecule has 2 aromatic carbocycles. The first-order valence-electron chi connectivity index (χ1n) is 8.72. The number of carboxylic acid groups (broad SMARTS) is 2. The minimum Gasteiger partial charge on any atom is -0.478 e. The van der Waals surface area contributed by atoms with E-state index in [0.29, 0.717) is 11.4 Å². The first-order valence-corrected chi connectivity index (χ1v) is 11.2. The number of anilines is 2. The number of carbonyl (C=O) groups is 4. The van der Waals surface area contributed by atoms with Crippen molar-refractivity contribution in [3.8, 4) is 0 Å². The largest absolute Gasteiger partial charge is 0.478 e. The molecule has 2 fully saturated rings. The summed E-state index contributed by atoms with van der Waals surface area (Å²) in [5, 5.41) is 18.1. The van der Waals surface area contributed by atoms with Crippen LogP contribution < -0.4 is 9.80 Å². The third-order valence-electron chi connectivity index (χ3n) is 4.49. The van der Waals surface area contributed by atoms with Crippen molar-refractivity contribution in [1.29, 1.82) is 0 Å². The quantitative estimate of drug-likeness (QED) is 0.473. The van der Waals surface area contributed by atoms with Gasteiger partial charge in [-0.25, -0.2) is 9.59 Å². The number of hydrogen-bond acceptors (Lipinski definition) is 8. The Kier molecular flexibility index (Phi) is 5.86. The fourth-order valence-corrected chi connectivity index (χ4v) is 5.71. The van der Waals surface area contributed by atoms with E-state index >= 15 is 0 Å². The molecule has 2 saturated heterocycles. The fourth-order valence-electron chi connectivity index (χ4n) is 2.96. The van der Waals surface area contributed by atoms with E-state index < -0.39 is 23.8 Å². The van der Waals surface area contributed by atoms with Crippen LogP contribution in [0.25, 0.3) is 0 Å². The van der Waals surface area contributed by atoms with Crippen LogP contribution in [0.15, 0.2) is 58.3 Å². The van der Waals surface area contributed by atoms with Gasteiger partial charge in [0, 0.05) is 0 Å². The van der Waals surface area contributed by atoms with Gasteiger partial charge in [-0.15, -0.1) is 0 Å². The molecule has 0 spiro atoms. The first kappa shape index (κ1) is 22.1. The van der Waals surface area contributed by atoms with E-state index in [2.05, 4.69) is 0 Å². The highest BCUT2D eigenvalue weighted by Crippen LogP contribution is 2.44. The molecule has 8 nitrogen and oxygen atoms in total. The van der Waals surface area contributed by atoms with Crippen LogP contribution in [0.2, 0.25) is 0 Å². The molecule has 32 heavy (non-hydrogen) atoms. The highest BCUT2D eigenvalue weighted by molar-refractivity contribution is 8.30. The number of rotatable bonds is 4. The maximum absolute atomic E-state index is 13.1. The summed E-state index contributed by atoms with van der Waals surface area (Å²) < 4.78 is 0.397. The Hall–Kier alpha value is -3.06. The van der Waals surface area contributed by atoms with Crippen molar-refractivity contribution in [1.82, 2.24) is 0 Å². The molecular formula is C20H10N2O6S4. The Morgan fingerprint density at radius 1 is 0.656 bits per heavy atom. The van der Waals surface area contributed by atoms with E-state index in [4.69, 9.17) is 34.6 Å². The van der Waals surface area contributed by atoms with Crippen LogP contribution in [0.3, 0.4) is 0 Å². The van der Waals surface area contributed by atoms with E-state index in [-0.39, 0.29) is 29.6 Å². The maximum atomic E-state index is 13.1. The monoisotopic (exact) mass is 502 g/mol. The van der Waals surface area contributed by atoms with Crippen molar-refractivity contribution >= 4 is 91.7 Å². The topological polar surface area (TPSA) is 115 Å². The molecule has 0 saturated carbocycles. The molecule has 0 radical (unpaired) electrons. The first-order chi connectivity index (χ1) is 15.2. The third-order valence-corrected chi connectivity index (χ3v) is 7.36. The molecule has 2 aliphatic rings. The summed E-state index contributed by atoms with van der Waals surface area (Å²) in [6, 6.07) is 11.3. The normalized spacial score (nSPS) is 18.6. The number of benzene rings is 2. The number of hydrogen-bond donors (Lipinski definition) is 2. The highest BCUT2D eigenvalue weighted by atomic mass is 32.2. The second-order valence-corrected chi connectivity index (χ2v) is 9.67. The van der Waals surface area contributed by atoms with E-state index in [0.717, 1.165) is 23.5 Å². The number of nitrogens with zero attached hydrogens (tertiary/aromatic N) is 2. The summed E-state index contributed by atoms with van der Waals surface area (Å²) >= 11 is 12.6. The van der Waals surface area contributed by atoms with Crippen molar-refractivity contribution in [2.24, 2.45) is 0 Å². The molecule has 2 heterocycles. The Labute approximate surface area is 199 Å². The smallest absolute Gasteiger partial charge is 0.335 e. The zero-order chi connectivity index (χ0) is 23.2. The Morgan fingerprint density at radius 3 is 1.25 bits per heavy atom. The molecule has 12 heteroatoms. The lowest BCUT2D eigenvalue weighted by Gasteiger charge is -2.15. The summed E-state index contributed by atoms with van der Waals surface area (Å²) in [6.45, 7) is 0. The number of thiocarbonyl (C=S) groups is 2. The number of carboxylic acids is 2. The van der Waals surface area contributed by atoms with Gasteiger partial charge in [-0.3, -0.25) is 19.4 Å². The fraction of sp³-hybridized carbons (Fsp3) is 0. The van der Waals surface area contributed by atoms with Crippen LogP contribution in [0.5, 0.6) is 0 Å². The van der Waals surface area contributed by atoms with Gasteiger partial charge >= 0.3 is 11.9 Å². The molecule has 160 valence electrons. The minimum absolute atomic E-state index is 0.0639. The summed E-state index contributed by atoms with van der Waals surface area (Å²) in [6.07, 6.45) is 0. The van der Waals surface area contributed by atoms with Crippen molar-refractivity contribution in [3.05, 3.63) is 69.5 Å². The summed E-state index contributed by atoms with van der Waals surface area (Å²) in [7, 11) is 0. The second-order valence-electron chi connectivity index (χ2n) is 6.38. The average molecular weight is 503 g/mol. The predicted molar refractivity (Wildman–Crippen MR) is 129 cm³/mol. The van der Waals surface area contributed by atoms with Crippen molar-refractivity contribution in [2.75, 3.05) is 9.80 Å². The Morgan fingerprint density at radius 2 is 0.969 bits per heavy atom. The van der Waals surface area contributed by atoms with Crippen LogP contribution >= 0.6 is 48.0 Å². The van der Waals surface area contributed by atoms with Gasteiger partial charge in [-0.05, 0) is 48.5 Å². The van der Waals surface area contributed by atoms with Gasteiger partial charge in [0.1, 0.15) is 0 Å². The van der Waals surface area contributed by atoms with Crippen LogP contribution in [-0.2, 0) is 9.59 Å². The summed E-state index contributed by atoms with van der Waals surface area (Å²) in [5.74, 6) is -3.21. The average Bonchev–Trinajstić information content (AvgIpc) is 3.22. The van der Waals surface area contributed by atoms with Crippen molar-refractivity contribution < 1.29 is 29.4 Å². The van der Waals surface area contributed by atoms with E-state index in [1.54, 1.807) is 0 Å². The maximum Gasteiger partial charge on any atom is 0.335 e. The number of aromatic carboxylic acids is 2. The molecule has 2 aromatic rings. The predicted octanol–water partition coefficient (Wildman–Crippen LogP) is 3.72. The molecule has 4 rings (SSSR count). The lowest BCUT2D eigenvalue weighted by Crippen LogP contribution is -2.29. The standard InChI is InChI=1S/C20H10N2O6S4/c23-15-13(31-19(29)21(15)11-5-1-9(2-6-11)17(25)26)14-16(24)22(20(30)32-14)12-7-3-10(4-8-12)18(27)28/h1-8H,(H,25,26)(H,27,28)/b14-13+. The van der Waals surface area contributed by atoms with Gasteiger partial charge in [0.2, 0.25) is 0 Å². The lowest BCUT2D eigenvalue weighted by molar-refractivity contribution is -0.115. The number of carbonyl (C=O) groups excluding carboxylic acids is 2. The molecule has 2 N–H and O–H groups in total. The molecule has 2 aliphatic heterocycles. The van der Waals surface area contributed by atoms with Crippen LogP contribution in [-0.4, -0.2) is 42.6 Å². The number of thioether (sulfide) groups is 2. The molecular weight excluding hydrogens is 492 g/mol. The molecule has 0 aromatic heterocycles. The van der Waals surface area contributed by atoms with Crippen LogP contribution in [0.1, 0.15) is 20.7 Å². The highest BCUT2D eigenvalue weighted by Gasteiger charge is 2.43. The summed E-state index contributed by atoms with van der Waals surface area (Å²) in [5.41, 5.74) is 0.891. The molecule has 0 bridgehead atoms. The second kappa shape index (κ2) is 8.47. The van der Waals surface area contributed by atoms with Crippen LogP contribution in [0, 0.1) is 0 Å². The Balaban J connectivity index is 1.65. The van der Waals surface area contributed by atoms with E-state index in [1.165, 1.54) is 58.3 Å². The SMILES string of the molecule is O=C(O)c1ccc(N2C(=O)/C(=C3\SC(=S)N(c4ccc(C(=O)O)cc4)C3=O)SC2=S)cc1. The van der Waals surface area contributed by atoms with Crippen molar-refractivity contribution in [3.63, 3.8) is 0 Å². The Bertz CT molecular complexity index is 1160. The van der Waals surface area contributed by atoms with E-state index in [9.17, 15) is 19.2 Å². The minimum atomic E-state index is -1.10. The summed E-state index contributed by atoms with van der Waals surface area (Å²) in [4.78, 5) is 51.0. The lowest BCUT2D eigenvalue weighted by atomic mass is 10.2. The van der Waals surface area contributed by atoms with Gasteiger partial charge in [-0.2, -0.15) is 0 Å². The van der Waals surface area contributed by atoms with Gasteiger partial charge < -0.3 is 10.2 Å². The van der Waals surface area contributed by atoms with Gasteiger partial charge in [0.05, 0.1) is 32.3 Å². The van der Waals surface area contributed by atoms with Gasteiger partial charge in [0.25, 0.3) is 11.8 Å². The molecule has 0 atom stereocenters. The van der Waals surface area contributed by atoms with Crippen molar-refractivity contribution in [2.45, 2.75) is 0 Å². The molecule has 0 aliphatic carbocycles. The van der Waals surface area contributed by atoms with Gasteiger partial charge in [-0.1, -0.05) is 48.0 Å². The molecule has 0 unspecified atom stereocenters. The third kappa shape index (κ3) is 3.81. The molecule has 2 amide bonds. The van der Waals surface area contributed by atoms with Crippen LogP contribution in [0.4, 0.5) is 11.4 Å². The number of amides is 2. The van der Waals surface area contributed by atoms with E-state index in [1.807, 2.05) is 0 Å². The zero-order valence-corrected chi connectivity index (χ0v) is 18.9.